The van der Waals surface area contributed by atoms with E-state index in [0.717, 1.165) is 5.56 Å². The molecule has 0 N–H and O–H groups in total. The van der Waals surface area contributed by atoms with Crippen molar-refractivity contribution in [2.75, 3.05) is 0 Å². The average Bonchev–Trinajstić information content (AvgIpc) is 2.51. The van der Waals surface area contributed by atoms with Gasteiger partial charge in [0, 0.05) is 10.6 Å². The summed E-state index contributed by atoms with van der Waals surface area (Å²) >= 11 is 41.3. The number of aromatic nitrogens is 3. The number of benzene rings is 1. The van der Waals surface area contributed by atoms with Crippen molar-refractivity contribution in [3.8, 4) is 0 Å². The molecular formula is C15H8Cl7N3. The predicted molar refractivity (Wildman–Crippen MR) is 107 cm³/mol. The lowest BCUT2D eigenvalue weighted by Gasteiger charge is -2.16. The summed E-state index contributed by atoms with van der Waals surface area (Å²) in [4.78, 5) is 12.3. The molecule has 132 valence electrons. The molecule has 1 aromatic carbocycles. The van der Waals surface area contributed by atoms with E-state index in [1.54, 1.807) is 36.4 Å². The smallest absolute Gasteiger partial charge is 0.209 e. The van der Waals surface area contributed by atoms with Gasteiger partial charge >= 0.3 is 0 Å². The summed E-state index contributed by atoms with van der Waals surface area (Å²) in [5.74, 6) is -0.194. The Morgan fingerprint density at radius 2 is 1.32 bits per heavy atom. The Kier molecular flexibility index (Phi) is 6.89. The minimum atomic E-state index is -1.93. The lowest BCUT2D eigenvalue weighted by Crippen LogP contribution is -2.18. The highest BCUT2D eigenvalue weighted by Gasteiger charge is 2.34. The number of hydrogen-bond donors (Lipinski definition) is 0. The SMILES string of the molecule is C=CC=C(c1ccc(Cl)cc1)c1nc(C(Cl)(Cl)Cl)nc(C(Cl)(Cl)Cl)n1. The van der Waals surface area contributed by atoms with Crippen LogP contribution in [0.15, 0.2) is 43.0 Å². The van der Waals surface area contributed by atoms with Crippen LogP contribution in [-0.4, -0.2) is 15.0 Å². The number of hydrogen-bond acceptors (Lipinski definition) is 3. The normalized spacial score (nSPS) is 13.0. The zero-order chi connectivity index (χ0) is 18.8. The van der Waals surface area contributed by atoms with Crippen LogP contribution in [0, 0.1) is 0 Å². The van der Waals surface area contributed by atoms with Crippen LogP contribution in [0.4, 0.5) is 0 Å². The first-order valence-electron chi connectivity index (χ1n) is 6.52. The predicted octanol–water partition coefficient (Wildman–Crippen LogP) is 6.80. The second kappa shape index (κ2) is 8.18. The van der Waals surface area contributed by atoms with E-state index in [0.29, 0.717) is 10.6 Å². The fourth-order valence-corrected chi connectivity index (χ4v) is 2.43. The van der Waals surface area contributed by atoms with Crippen molar-refractivity contribution in [3.05, 3.63) is 71.1 Å². The summed E-state index contributed by atoms with van der Waals surface area (Å²) < 4.78 is -3.86. The number of halogens is 7. The van der Waals surface area contributed by atoms with Crippen molar-refractivity contribution in [2.45, 2.75) is 7.59 Å². The quantitative estimate of drug-likeness (QED) is 0.360. The van der Waals surface area contributed by atoms with Gasteiger partial charge < -0.3 is 0 Å². The minimum Gasteiger partial charge on any atom is -0.209 e. The van der Waals surface area contributed by atoms with Crippen LogP contribution in [0.3, 0.4) is 0 Å². The highest BCUT2D eigenvalue weighted by molar-refractivity contribution is 6.67. The highest BCUT2D eigenvalue weighted by Crippen LogP contribution is 2.40. The Morgan fingerprint density at radius 1 is 0.840 bits per heavy atom. The largest absolute Gasteiger partial charge is 0.250 e. The molecule has 0 saturated heterocycles. The van der Waals surface area contributed by atoms with Crippen LogP contribution in [0.1, 0.15) is 23.0 Å². The maximum atomic E-state index is 5.92. The van der Waals surface area contributed by atoms with Gasteiger partial charge in [-0.25, -0.2) is 15.0 Å². The molecule has 1 heterocycles. The molecule has 2 rings (SSSR count). The molecule has 0 spiro atoms. The van der Waals surface area contributed by atoms with E-state index >= 15 is 0 Å². The molecular weight excluding hydrogens is 470 g/mol. The van der Waals surface area contributed by atoms with Crippen molar-refractivity contribution < 1.29 is 0 Å². The van der Waals surface area contributed by atoms with Gasteiger partial charge in [0.2, 0.25) is 7.59 Å². The fourth-order valence-electron chi connectivity index (χ4n) is 1.80. The van der Waals surface area contributed by atoms with E-state index in [2.05, 4.69) is 21.5 Å². The van der Waals surface area contributed by atoms with Crippen molar-refractivity contribution in [3.63, 3.8) is 0 Å². The summed E-state index contributed by atoms with van der Waals surface area (Å²) in [7, 11) is 0. The van der Waals surface area contributed by atoms with Crippen LogP contribution in [0.5, 0.6) is 0 Å². The van der Waals surface area contributed by atoms with E-state index in [4.69, 9.17) is 81.2 Å². The third-order valence-electron chi connectivity index (χ3n) is 2.82. The monoisotopic (exact) mass is 475 g/mol. The summed E-state index contributed by atoms with van der Waals surface area (Å²) in [6.07, 6.45) is 3.22. The average molecular weight is 478 g/mol. The fraction of sp³-hybridized carbons (Fsp3) is 0.133. The van der Waals surface area contributed by atoms with Gasteiger partial charge in [-0.2, -0.15) is 0 Å². The van der Waals surface area contributed by atoms with E-state index in [1.807, 2.05) is 0 Å². The first kappa shape index (κ1) is 21.0. The van der Waals surface area contributed by atoms with Crippen molar-refractivity contribution in [1.82, 2.24) is 15.0 Å². The van der Waals surface area contributed by atoms with Gasteiger partial charge in [0.15, 0.2) is 17.5 Å². The molecule has 3 nitrogen and oxygen atoms in total. The number of nitrogens with zero attached hydrogens (tertiary/aromatic N) is 3. The van der Waals surface area contributed by atoms with Crippen LogP contribution < -0.4 is 0 Å². The van der Waals surface area contributed by atoms with Gasteiger partial charge in [-0.05, 0) is 17.7 Å². The number of alkyl halides is 6. The van der Waals surface area contributed by atoms with Gasteiger partial charge in [0.05, 0.1) is 0 Å². The van der Waals surface area contributed by atoms with E-state index in [9.17, 15) is 0 Å². The molecule has 0 atom stereocenters. The Balaban J connectivity index is 2.71. The Labute approximate surface area is 179 Å². The lowest BCUT2D eigenvalue weighted by atomic mass is 10.0. The third-order valence-corrected chi connectivity index (χ3v) is 4.09. The van der Waals surface area contributed by atoms with Crippen LogP contribution in [0.25, 0.3) is 5.57 Å². The summed E-state index contributed by atoms with van der Waals surface area (Å²) in [5, 5.41) is 0.571. The standard InChI is InChI=1S/C15H8Cl7N3/c1-2-3-10(8-4-6-9(16)7-5-8)11-23-12(14(17,18)19)25-13(24-11)15(20,21)22/h2-7H,1H2. The summed E-state index contributed by atoms with van der Waals surface area (Å²) in [5.41, 5.74) is 1.29. The zero-order valence-electron chi connectivity index (χ0n) is 12.2. The van der Waals surface area contributed by atoms with Crippen molar-refractivity contribution >= 4 is 86.8 Å². The molecule has 0 aliphatic rings. The Bertz CT molecular complexity index is 773. The van der Waals surface area contributed by atoms with Gasteiger partial charge in [0.25, 0.3) is 0 Å². The zero-order valence-corrected chi connectivity index (χ0v) is 17.5. The minimum absolute atomic E-state index is 0.153. The summed E-state index contributed by atoms with van der Waals surface area (Å²) in [6.45, 7) is 3.68. The summed E-state index contributed by atoms with van der Waals surface area (Å²) in [6, 6.07) is 6.96. The lowest BCUT2D eigenvalue weighted by molar-refractivity contribution is 0.832. The molecule has 0 radical (unpaired) electrons. The second-order valence-electron chi connectivity index (χ2n) is 4.62. The van der Waals surface area contributed by atoms with E-state index < -0.39 is 7.59 Å². The Hall–Kier alpha value is -0.260. The molecule has 0 amide bonds. The molecule has 25 heavy (non-hydrogen) atoms. The second-order valence-corrected chi connectivity index (χ2v) is 9.62. The molecule has 0 saturated carbocycles. The molecule has 0 unspecified atom stereocenters. The first-order chi connectivity index (χ1) is 11.5. The molecule has 0 bridgehead atoms. The van der Waals surface area contributed by atoms with E-state index in [1.165, 1.54) is 0 Å². The first-order valence-corrected chi connectivity index (χ1v) is 9.16. The maximum Gasteiger partial charge on any atom is 0.250 e. The van der Waals surface area contributed by atoms with Gasteiger partial charge in [-0.1, -0.05) is 112 Å². The highest BCUT2D eigenvalue weighted by atomic mass is 35.6. The van der Waals surface area contributed by atoms with Crippen LogP contribution in [-0.2, 0) is 7.59 Å². The number of rotatable bonds is 3. The van der Waals surface area contributed by atoms with Gasteiger partial charge in [-0.3, -0.25) is 0 Å². The van der Waals surface area contributed by atoms with Gasteiger partial charge in [0.1, 0.15) is 0 Å². The molecule has 10 heteroatoms. The maximum absolute atomic E-state index is 5.92. The van der Waals surface area contributed by atoms with Crippen LogP contribution >= 0.6 is 81.2 Å². The van der Waals surface area contributed by atoms with Crippen molar-refractivity contribution in [1.29, 1.82) is 0 Å². The third kappa shape index (κ3) is 5.61. The number of allylic oxidation sites excluding steroid dienone is 2. The topological polar surface area (TPSA) is 38.7 Å². The molecule has 2 aromatic rings. The molecule has 0 fully saturated rings. The molecule has 1 aromatic heterocycles. The Morgan fingerprint density at radius 3 is 1.72 bits per heavy atom. The molecule has 0 aliphatic carbocycles. The van der Waals surface area contributed by atoms with Crippen molar-refractivity contribution in [2.24, 2.45) is 0 Å². The molecule has 0 aliphatic heterocycles. The van der Waals surface area contributed by atoms with Crippen LogP contribution in [0.2, 0.25) is 5.02 Å². The van der Waals surface area contributed by atoms with Gasteiger partial charge in [-0.15, -0.1) is 0 Å². The van der Waals surface area contributed by atoms with E-state index in [-0.39, 0.29) is 17.5 Å².